The smallest absolute Gasteiger partial charge is 0.306 e. The van der Waals surface area contributed by atoms with Gasteiger partial charge in [0.2, 0.25) is 0 Å². The van der Waals surface area contributed by atoms with Crippen molar-refractivity contribution in [2.75, 3.05) is 0 Å². The predicted octanol–water partition coefficient (Wildman–Crippen LogP) is 6.82. The maximum atomic E-state index is 11.5. The Hall–Kier alpha value is -0.530. The van der Waals surface area contributed by atoms with Crippen LogP contribution in [0.2, 0.25) is 0 Å². The topological polar surface area (TPSA) is 37.3 Å². The number of carbonyl (C=O) groups is 1. The number of aliphatic carboxylic acids is 1. The molecule has 0 amide bonds. The van der Waals surface area contributed by atoms with Gasteiger partial charge in [0.05, 0.1) is 5.92 Å². The van der Waals surface area contributed by atoms with Crippen LogP contribution in [0.1, 0.15) is 111 Å². The highest BCUT2D eigenvalue weighted by Gasteiger charge is 2.23. The van der Waals surface area contributed by atoms with Crippen molar-refractivity contribution >= 4 is 5.97 Å². The summed E-state index contributed by atoms with van der Waals surface area (Å²) in [5.41, 5.74) is 0. The number of rotatable bonds is 16. The number of hydrogen-bond acceptors (Lipinski definition) is 1. The zero-order chi connectivity index (χ0) is 16.6. The van der Waals surface area contributed by atoms with Crippen LogP contribution in [0, 0.1) is 11.8 Å². The summed E-state index contributed by atoms with van der Waals surface area (Å²) in [6.45, 7) is 6.59. The van der Waals surface area contributed by atoms with E-state index in [4.69, 9.17) is 0 Å². The molecule has 0 bridgehead atoms. The second kappa shape index (κ2) is 15.4. The first kappa shape index (κ1) is 21.5. The van der Waals surface area contributed by atoms with Crippen LogP contribution >= 0.6 is 0 Å². The molecule has 0 radical (unpaired) electrons. The van der Waals surface area contributed by atoms with E-state index >= 15 is 0 Å². The van der Waals surface area contributed by atoms with E-state index in [0.29, 0.717) is 5.92 Å². The maximum Gasteiger partial charge on any atom is 0.306 e. The van der Waals surface area contributed by atoms with Crippen molar-refractivity contribution in [1.29, 1.82) is 0 Å². The highest BCUT2D eigenvalue weighted by molar-refractivity contribution is 5.70. The first-order chi connectivity index (χ1) is 10.6. The Morgan fingerprint density at radius 1 is 0.727 bits per heavy atom. The lowest BCUT2D eigenvalue weighted by Crippen LogP contribution is -2.21. The Morgan fingerprint density at radius 2 is 1.14 bits per heavy atom. The molecule has 2 nitrogen and oxygen atoms in total. The van der Waals surface area contributed by atoms with E-state index in [2.05, 4.69) is 20.8 Å². The molecule has 22 heavy (non-hydrogen) atoms. The maximum absolute atomic E-state index is 11.5. The number of carboxylic acids is 1. The number of carboxylic acid groups (broad SMARTS) is 1. The van der Waals surface area contributed by atoms with Gasteiger partial charge >= 0.3 is 5.97 Å². The largest absolute Gasteiger partial charge is 0.481 e. The minimum Gasteiger partial charge on any atom is -0.481 e. The summed E-state index contributed by atoms with van der Waals surface area (Å²) in [5.74, 6) is -0.369. The van der Waals surface area contributed by atoms with Gasteiger partial charge in [0, 0.05) is 0 Å². The van der Waals surface area contributed by atoms with Crippen molar-refractivity contribution < 1.29 is 9.90 Å². The summed E-state index contributed by atoms with van der Waals surface area (Å²) in [6, 6.07) is 0. The van der Waals surface area contributed by atoms with Crippen LogP contribution in [0.5, 0.6) is 0 Å². The molecule has 0 aliphatic rings. The fourth-order valence-electron chi connectivity index (χ4n) is 3.24. The van der Waals surface area contributed by atoms with Crippen LogP contribution in [0.3, 0.4) is 0 Å². The second-order valence-electron chi connectivity index (χ2n) is 7.03. The molecular weight excluding hydrogens is 272 g/mol. The molecule has 0 aromatic rings. The van der Waals surface area contributed by atoms with Crippen LogP contribution in [-0.4, -0.2) is 11.1 Å². The van der Waals surface area contributed by atoms with Gasteiger partial charge in [-0.25, -0.2) is 0 Å². The van der Waals surface area contributed by atoms with Crippen molar-refractivity contribution in [3.63, 3.8) is 0 Å². The first-order valence-electron chi connectivity index (χ1n) is 9.86. The van der Waals surface area contributed by atoms with Crippen LogP contribution in [-0.2, 0) is 4.79 Å². The fourth-order valence-corrected chi connectivity index (χ4v) is 3.24. The van der Waals surface area contributed by atoms with Crippen molar-refractivity contribution in [1.82, 2.24) is 0 Å². The van der Waals surface area contributed by atoms with Crippen molar-refractivity contribution in [2.45, 2.75) is 111 Å². The normalized spacial score (nSPS) is 14.0. The van der Waals surface area contributed by atoms with Crippen molar-refractivity contribution in [2.24, 2.45) is 11.8 Å². The molecule has 2 atom stereocenters. The molecule has 0 aliphatic heterocycles. The molecule has 1 N–H and O–H groups in total. The minimum absolute atomic E-state index is 0.123. The molecule has 0 aromatic carbocycles. The van der Waals surface area contributed by atoms with Crippen LogP contribution in [0.4, 0.5) is 0 Å². The van der Waals surface area contributed by atoms with Gasteiger partial charge in [-0.05, 0) is 18.8 Å². The van der Waals surface area contributed by atoms with E-state index in [1.54, 1.807) is 0 Å². The number of hydrogen-bond donors (Lipinski definition) is 1. The Bertz CT molecular complexity index is 250. The van der Waals surface area contributed by atoms with Crippen molar-refractivity contribution in [3.8, 4) is 0 Å². The average Bonchev–Trinajstić information content (AvgIpc) is 2.49. The molecular formula is C20H40O2. The summed E-state index contributed by atoms with van der Waals surface area (Å²) < 4.78 is 0. The molecule has 0 saturated carbocycles. The fraction of sp³-hybridized carbons (Fsp3) is 0.950. The predicted molar refractivity (Wildman–Crippen MR) is 96.3 cm³/mol. The highest BCUT2D eigenvalue weighted by atomic mass is 16.4. The molecule has 2 heteroatoms. The summed E-state index contributed by atoms with van der Waals surface area (Å²) >= 11 is 0. The average molecular weight is 313 g/mol. The van der Waals surface area contributed by atoms with Gasteiger partial charge in [0.15, 0.2) is 0 Å². The Balaban J connectivity index is 3.73. The third kappa shape index (κ3) is 12.1. The Morgan fingerprint density at radius 3 is 1.64 bits per heavy atom. The lowest BCUT2D eigenvalue weighted by molar-refractivity contribution is -0.143. The molecule has 0 heterocycles. The Labute approximate surface area is 139 Å². The molecule has 0 saturated heterocycles. The lowest BCUT2D eigenvalue weighted by atomic mass is 9.85. The first-order valence-corrected chi connectivity index (χ1v) is 9.86. The quantitative estimate of drug-likeness (QED) is 0.317. The summed E-state index contributed by atoms with van der Waals surface area (Å²) in [6.07, 6.45) is 17.2. The van der Waals surface area contributed by atoms with Gasteiger partial charge < -0.3 is 5.11 Å². The van der Waals surface area contributed by atoms with Gasteiger partial charge in [-0.15, -0.1) is 0 Å². The van der Waals surface area contributed by atoms with E-state index in [-0.39, 0.29) is 5.92 Å². The van der Waals surface area contributed by atoms with Gasteiger partial charge in [-0.1, -0.05) is 97.8 Å². The Kier molecular flexibility index (Phi) is 15.0. The zero-order valence-corrected chi connectivity index (χ0v) is 15.4. The van der Waals surface area contributed by atoms with Crippen LogP contribution in [0.15, 0.2) is 0 Å². The van der Waals surface area contributed by atoms with Crippen molar-refractivity contribution in [3.05, 3.63) is 0 Å². The summed E-state index contributed by atoms with van der Waals surface area (Å²) in [4.78, 5) is 11.5. The third-order valence-electron chi connectivity index (χ3n) is 4.89. The second-order valence-corrected chi connectivity index (χ2v) is 7.03. The van der Waals surface area contributed by atoms with E-state index in [1.807, 2.05) is 0 Å². The molecule has 0 aromatic heterocycles. The van der Waals surface area contributed by atoms with E-state index in [1.165, 1.54) is 70.6 Å². The third-order valence-corrected chi connectivity index (χ3v) is 4.89. The summed E-state index contributed by atoms with van der Waals surface area (Å²) in [5, 5.41) is 9.45. The molecule has 0 spiro atoms. The van der Waals surface area contributed by atoms with E-state index < -0.39 is 5.97 Å². The van der Waals surface area contributed by atoms with Gasteiger partial charge in [-0.2, -0.15) is 0 Å². The minimum atomic E-state index is -0.578. The summed E-state index contributed by atoms with van der Waals surface area (Å²) in [7, 11) is 0. The zero-order valence-electron chi connectivity index (χ0n) is 15.4. The lowest BCUT2D eigenvalue weighted by Gasteiger charge is -2.20. The molecule has 0 rings (SSSR count). The monoisotopic (exact) mass is 312 g/mol. The highest BCUT2D eigenvalue weighted by Crippen LogP contribution is 2.25. The van der Waals surface area contributed by atoms with E-state index in [9.17, 15) is 9.90 Å². The molecule has 132 valence electrons. The van der Waals surface area contributed by atoms with Gasteiger partial charge in [0.25, 0.3) is 0 Å². The van der Waals surface area contributed by atoms with E-state index in [0.717, 1.165) is 19.3 Å². The van der Waals surface area contributed by atoms with Crippen LogP contribution in [0.25, 0.3) is 0 Å². The SMILES string of the molecule is CCCCCCCCCCC(C(=O)O)C(C)CCCCCC. The molecule has 2 unspecified atom stereocenters. The van der Waals surface area contributed by atoms with Gasteiger partial charge in [-0.3, -0.25) is 4.79 Å². The van der Waals surface area contributed by atoms with Gasteiger partial charge in [0.1, 0.15) is 0 Å². The number of unbranched alkanes of at least 4 members (excludes halogenated alkanes) is 10. The molecule has 0 aliphatic carbocycles. The van der Waals surface area contributed by atoms with Crippen LogP contribution < -0.4 is 0 Å². The molecule has 0 fully saturated rings. The standard InChI is InChI=1S/C20H40O2/c1-4-6-8-10-11-12-13-15-17-19(20(21)22)18(3)16-14-9-7-5-2/h18-19H,4-17H2,1-3H3,(H,21,22).